The predicted molar refractivity (Wildman–Crippen MR) is 101 cm³/mol. The molecule has 140 valence electrons. The summed E-state index contributed by atoms with van der Waals surface area (Å²) in [5, 5.41) is 0. The average molecular weight is 395 g/mol. The van der Waals surface area contributed by atoms with E-state index in [2.05, 4.69) is 4.98 Å². The first-order valence-electron chi connectivity index (χ1n) is 8.94. The zero-order valence-electron chi connectivity index (χ0n) is 14.5. The Labute approximate surface area is 157 Å². The average Bonchev–Trinajstić information content (AvgIpc) is 3.28. The molecule has 0 atom stereocenters. The van der Waals surface area contributed by atoms with Crippen molar-refractivity contribution < 1.29 is 13.2 Å². The van der Waals surface area contributed by atoms with Crippen molar-refractivity contribution in [1.82, 2.24) is 18.5 Å². The van der Waals surface area contributed by atoms with Gasteiger partial charge in [-0.2, -0.15) is 17.0 Å². The maximum absolute atomic E-state index is 13.0. The molecule has 26 heavy (non-hydrogen) atoms. The van der Waals surface area contributed by atoms with Gasteiger partial charge in [0.15, 0.2) is 0 Å². The Kier molecular flexibility index (Phi) is 4.96. The Morgan fingerprint density at radius 2 is 1.69 bits per heavy atom. The van der Waals surface area contributed by atoms with Crippen molar-refractivity contribution in [2.45, 2.75) is 19.3 Å². The van der Waals surface area contributed by atoms with Crippen LogP contribution in [0, 0.1) is 0 Å². The molecule has 2 aliphatic rings. The number of nitrogens with zero attached hydrogens (tertiary/aromatic N) is 4. The number of carbonyl (C=O) groups excluding carboxylic acids is 1. The Bertz CT molecular complexity index is 906. The summed E-state index contributed by atoms with van der Waals surface area (Å²) in [5.41, 5.74) is 3.23. The number of thiazole rings is 1. The van der Waals surface area contributed by atoms with Gasteiger partial charge in [0.1, 0.15) is 0 Å². The standard InChI is InChI=1S/C17H22N4O3S2/c22-17(14-5-3-6-15-16(14)25-13-18-15)19-7-4-10-21(12-11-19)26(23,24)20-8-1-2-9-20/h3,5-6,13H,1-2,4,7-12H2. The van der Waals surface area contributed by atoms with Gasteiger partial charge in [-0.15, -0.1) is 11.3 Å². The van der Waals surface area contributed by atoms with E-state index in [1.54, 1.807) is 19.0 Å². The fourth-order valence-electron chi connectivity index (χ4n) is 3.63. The lowest BCUT2D eigenvalue weighted by atomic mass is 10.2. The van der Waals surface area contributed by atoms with E-state index in [0.717, 1.165) is 23.1 Å². The lowest BCUT2D eigenvalue weighted by molar-refractivity contribution is 0.0766. The van der Waals surface area contributed by atoms with Crippen LogP contribution in [0.3, 0.4) is 0 Å². The third-order valence-electron chi connectivity index (χ3n) is 5.05. The molecule has 2 aliphatic heterocycles. The number of hydrogen-bond acceptors (Lipinski definition) is 5. The number of benzene rings is 1. The van der Waals surface area contributed by atoms with Crippen molar-refractivity contribution in [1.29, 1.82) is 0 Å². The van der Waals surface area contributed by atoms with Gasteiger partial charge in [-0.05, 0) is 31.4 Å². The van der Waals surface area contributed by atoms with Gasteiger partial charge >= 0.3 is 0 Å². The number of carbonyl (C=O) groups is 1. The highest BCUT2D eigenvalue weighted by atomic mass is 32.2. The highest BCUT2D eigenvalue weighted by molar-refractivity contribution is 7.86. The summed E-state index contributed by atoms with van der Waals surface area (Å²) < 4.78 is 29.5. The summed E-state index contributed by atoms with van der Waals surface area (Å²) in [6.07, 6.45) is 2.50. The summed E-state index contributed by atoms with van der Waals surface area (Å²) in [5.74, 6) is -0.0414. The van der Waals surface area contributed by atoms with Crippen LogP contribution in [0.1, 0.15) is 29.6 Å². The zero-order valence-corrected chi connectivity index (χ0v) is 16.1. The molecule has 1 aromatic heterocycles. The van der Waals surface area contributed by atoms with Crippen molar-refractivity contribution in [2.24, 2.45) is 0 Å². The van der Waals surface area contributed by atoms with Crippen LogP contribution < -0.4 is 0 Å². The lowest BCUT2D eigenvalue weighted by Crippen LogP contribution is -2.44. The lowest BCUT2D eigenvalue weighted by Gasteiger charge is -2.26. The molecule has 1 aromatic carbocycles. The van der Waals surface area contributed by atoms with E-state index in [1.165, 1.54) is 11.3 Å². The number of hydrogen-bond donors (Lipinski definition) is 0. The molecule has 7 nitrogen and oxygen atoms in total. The molecule has 2 saturated heterocycles. The Morgan fingerprint density at radius 3 is 2.50 bits per heavy atom. The first-order chi connectivity index (χ1) is 12.6. The second kappa shape index (κ2) is 7.22. The number of rotatable bonds is 3. The van der Waals surface area contributed by atoms with Crippen LogP contribution in [0.15, 0.2) is 23.7 Å². The Balaban J connectivity index is 1.50. The van der Waals surface area contributed by atoms with Gasteiger partial charge in [0.25, 0.3) is 16.1 Å². The number of amides is 1. The highest BCUT2D eigenvalue weighted by Gasteiger charge is 2.33. The molecule has 4 rings (SSSR count). The minimum atomic E-state index is -3.40. The van der Waals surface area contributed by atoms with Gasteiger partial charge in [-0.1, -0.05) is 6.07 Å². The van der Waals surface area contributed by atoms with Crippen LogP contribution in [0.25, 0.3) is 10.2 Å². The quantitative estimate of drug-likeness (QED) is 0.795. The molecular weight excluding hydrogens is 372 g/mol. The summed E-state index contributed by atoms with van der Waals surface area (Å²) in [4.78, 5) is 19.0. The third-order valence-corrected chi connectivity index (χ3v) is 7.96. The van der Waals surface area contributed by atoms with E-state index >= 15 is 0 Å². The van der Waals surface area contributed by atoms with E-state index in [-0.39, 0.29) is 5.91 Å². The molecule has 0 unspecified atom stereocenters. The molecule has 2 aromatic rings. The third kappa shape index (κ3) is 3.24. The van der Waals surface area contributed by atoms with Crippen LogP contribution >= 0.6 is 11.3 Å². The first kappa shape index (κ1) is 17.8. The van der Waals surface area contributed by atoms with Gasteiger partial charge in [0, 0.05) is 39.3 Å². The molecule has 0 radical (unpaired) electrons. The van der Waals surface area contributed by atoms with Crippen molar-refractivity contribution in [2.75, 3.05) is 39.3 Å². The van der Waals surface area contributed by atoms with E-state index in [1.807, 2.05) is 18.2 Å². The maximum atomic E-state index is 13.0. The van der Waals surface area contributed by atoms with Crippen LogP contribution in [0.4, 0.5) is 0 Å². The number of fused-ring (bicyclic) bond motifs is 1. The summed E-state index contributed by atoms with van der Waals surface area (Å²) in [6, 6.07) is 5.57. The zero-order chi connectivity index (χ0) is 18.1. The first-order valence-corrected chi connectivity index (χ1v) is 11.2. The highest BCUT2D eigenvalue weighted by Crippen LogP contribution is 2.24. The van der Waals surface area contributed by atoms with Gasteiger partial charge in [0.05, 0.1) is 21.3 Å². The number of aromatic nitrogens is 1. The summed E-state index contributed by atoms with van der Waals surface area (Å²) in [6.45, 7) is 3.02. The summed E-state index contributed by atoms with van der Waals surface area (Å²) in [7, 11) is -3.40. The van der Waals surface area contributed by atoms with E-state index in [9.17, 15) is 13.2 Å². The minimum Gasteiger partial charge on any atom is -0.337 e. The topological polar surface area (TPSA) is 73.8 Å². The fourth-order valence-corrected chi connectivity index (χ4v) is 6.15. The van der Waals surface area contributed by atoms with Crippen molar-refractivity contribution >= 4 is 37.7 Å². The van der Waals surface area contributed by atoms with E-state index in [4.69, 9.17) is 0 Å². The summed E-state index contributed by atoms with van der Waals surface area (Å²) >= 11 is 1.46. The van der Waals surface area contributed by atoms with Gasteiger partial charge in [0.2, 0.25) is 0 Å². The van der Waals surface area contributed by atoms with Crippen LogP contribution in [-0.2, 0) is 10.2 Å². The van der Waals surface area contributed by atoms with E-state index in [0.29, 0.717) is 51.3 Å². The second-order valence-corrected chi connectivity index (χ2v) is 9.45. The van der Waals surface area contributed by atoms with Crippen molar-refractivity contribution in [3.63, 3.8) is 0 Å². The van der Waals surface area contributed by atoms with E-state index < -0.39 is 10.2 Å². The molecule has 3 heterocycles. The van der Waals surface area contributed by atoms with Crippen LogP contribution in [-0.4, -0.2) is 72.1 Å². The molecule has 0 spiro atoms. The molecule has 0 bridgehead atoms. The molecular formula is C17H22N4O3S2. The second-order valence-electron chi connectivity index (χ2n) is 6.66. The van der Waals surface area contributed by atoms with Gasteiger partial charge in [-0.3, -0.25) is 4.79 Å². The Hall–Kier alpha value is -1.55. The SMILES string of the molecule is O=C(c1cccc2ncsc12)N1CCCN(S(=O)(=O)N2CCCC2)CC1. The normalized spacial score (nSPS) is 20.5. The van der Waals surface area contributed by atoms with Gasteiger partial charge < -0.3 is 4.90 Å². The Morgan fingerprint density at radius 1 is 0.962 bits per heavy atom. The van der Waals surface area contributed by atoms with Gasteiger partial charge in [-0.25, -0.2) is 4.98 Å². The molecule has 1 amide bonds. The smallest absolute Gasteiger partial charge is 0.282 e. The molecule has 0 N–H and O–H groups in total. The minimum absolute atomic E-state index is 0.0414. The predicted octanol–water partition coefficient (Wildman–Crippen LogP) is 1.78. The largest absolute Gasteiger partial charge is 0.337 e. The molecule has 0 saturated carbocycles. The van der Waals surface area contributed by atoms with Crippen LogP contribution in [0.5, 0.6) is 0 Å². The van der Waals surface area contributed by atoms with Crippen molar-refractivity contribution in [3.8, 4) is 0 Å². The van der Waals surface area contributed by atoms with Crippen molar-refractivity contribution in [3.05, 3.63) is 29.3 Å². The molecule has 2 fully saturated rings. The molecule has 9 heteroatoms. The fraction of sp³-hybridized carbons (Fsp3) is 0.529. The maximum Gasteiger partial charge on any atom is 0.282 e. The molecule has 0 aliphatic carbocycles. The monoisotopic (exact) mass is 394 g/mol. The van der Waals surface area contributed by atoms with Crippen LogP contribution in [0.2, 0.25) is 0 Å².